The molecule has 0 unspecified atom stereocenters. The molecule has 0 aromatic carbocycles. The lowest BCUT2D eigenvalue weighted by Gasteiger charge is -2.23. The normalized spacial score (nSPS) is 22.9. The third-order valence-corrected chi connectivity index (χ3v) is 2.39. The van der Waals surface area contributed by atoms with E-state index in [9.17, 15) is 0 Å². The predicted octanol–water partition coefficient (Wildman–Crippen LogP) is 1.41. The van der Waals surface area contributed by atoms with Gasteiger partial charge in [-0.2, -0.15) is 0 Å². The van der Waals surface area contributed by atoms with Gasteiger partial charge in [0.05, 0.1) is 19.3 Å². The molecule has 2 heterocycles. The minimum absolute atomic E-state index is 0.306. The fourth-order valence-electron chi connectivity index (χ4n) is 1.42. The van der Waals surface area contributed by atoms with Crippen LogP contribution in [0.1, 0.15) is 11.6 Å². The fourth-order valence-corrected chi connectivity index (χ4v) is 1.55. The van der Waals surface area contributed by atoms with Gasteiger partial charge in [-0.3, -0.25) is 0 Å². The summed E-state index contributed by atoms with van der Waals surface area (Å²) in [5, 5.41) is 3.38. The first-order chi connectivity index (χ1) is 6.36. The molecule has 70 valence electrons. The molecule has 0 bridgehead atoms. The van der Waals surface area contributed by atoms with Crippen molar-refractivity contribution < 1.29 is 4.74 Å². The van der Waals surface area contributed by atoms with Gasteiger partial charge in [-0.1, -0.05) is 18.3 Å². The van der Waals surface area contributed by atoms with Crippen molar-refractivity contribution in [3.63, 3.8) is 0 Å². The summed E-state index contributed by atoms with van der Waals surface area (Å²) in [4.78, 5) is 3.02. The van der Waals surface area contributed by atoms with Gasteiger partial charge in [0.2, 0.25) is 0 Å². The Morgan fingerprint density at radius 3 is 3.00 bits per heavy atom. The van der Waals surface area contributed by atoms with Crippen molar-refractivity contribution >= 4 is 12.2 Å². The van der Waals surface area contributed by atoms with E-state index in [1.165, 1.54) is 5.56 Å². The van der Waals surface area contributed by atoms with E-state index in [1.807, 2.05) is 18.3 Å². The molecule has 0 saturated carbocycles. The average Bonchev–Trinajstić information content (AvgIpc) is 2.20. The van der Waals surface area contributed by atoms with Crippen molar-refractivity contribution in [3.8, 4) is 0 Å². The second-order valence-corrected chi connectivity index (χ2v) is 3.51. The van der Waals surface area contributed by atoms with Crippen LogP contribution in [0.15, 0.2) is 18.3 Å². The van der Waals surface area contributed by atoms with Crippen molar-refractivity contribution in [2.45, 2.75) is 6.04 Å². The highest BCUT2D eigenvalue weighted by atomic mass is 32.1. The SMILES string of the molecule is S=c1ccc([C@H]2COCCN2)c[nH]1. The van der Waals surface area contributed by atoms with Gasteiger partial charge in [0.1, 0.15) is 4.64 Å². The maximum atomic E-state index is 5.36. The molecular formula is C9H12N2OS. The molecule has 4 heteroatoms. The van der Waals surface area contributed by atoms with Crippen molar-refractivity contribution in [3.05, 3.63) is 28.5 Å². The lowest BCUT2D eigenvalue weighted by atomic mass is 10.1. The number of ether oxygens (including phenoxy) is 1. The maximum absolute atomic E-state index is 5.36. The van der Waals surface area contributed by atoms with Crippen molar-refractivity contribution in [2.75, 3.05) is 19.8 Å². The van der Waals surface area contributed by atoms with Crippen molar-refractivity contribution in [1.82, 2.24) is 10.3 Å². The van der Waals surface area contributed by atoms with E-state index in [2.05, 4.69) is 10.3 Å². The Morgan fingerprint density at radius 2 is 2.38 bits per heavy atom. The minimum atomic E-state index is 0.306. The zero-order chi connectivity index (χ0) is 9.10. The number of H-pyrrole nitrogens is 1. The summed E-state index contributed by atoms with van der Waals surface area (Å²) in [5.41, 5.74) is 1.20. The number of nitrogens with one attached hydrogen (secondary N) is 2. The van der Waals surface area contributed by atoms with E-state index in [-0.39, 0.29) is 0 Å². The molecule has 1 aromatic rings. The molecule has 1 fully saturated rings. The van der Waals surface area contributed by atoms with Gasteiger partial charge >= 0.3 is 0 Å². The van der Waals surface area contributed by atoms with Crippen LogP contribution in [0.25, 0.3) is 0 Å². The van der Waals surface area contributed by atoms with Gasteiger partial charge in [-0.05, 0) is 11.6 Å². The Morgan fingerprint density at radius 1 is 1.46 bits per heavy atom. The van der Waals surface area contributed by atoms with Crippen LogP contribution in [0.4, 0.5) is 0 Å². The molecule has 13 heavy (non-hydrogen) atoms. The predicted molar refractivity (Wildman–Crippen MR) is 53.2 cm³/mol. The number of morpholine rings is 1. The molecule has 0 radical (unpaired) electrons. The Kier molecular flexibility index (Phi) is 2.73. The summed E-state index contributed by atoms with van der Waals surface area (Å²) in [6.45, 7) is 2.46. The number of rotatable bonds is 1. The highest BCUT2D eigenvalue weighted by Crippen LogP contribution is 2.13. The second kappa shape index (κ2) is 4.00. The van der Waals surface area contributed by atoms with Gasteiger partial charge in [0.25, 0.3) is 0 Å². The van der Waals surface area contributed by atoms with E-state index >= 15 is 0 Å². The molecule has 0 spiro atoms. The number of hydrogen-bond acceptors (Lipinski definition) is 3. The third kappa shape index (κ3) is 2.15. The number of hydrogen-bond donors (Lipinski definition) is 2. The van der Waals surface area contributed by atoms with Crippen LogP contribution in [0.2, 0.25) is 0 Å². The zero-order valence-corrected chi connectivity index (χ0v) is 8.06. The Hall–Kier alpha value is -0.710. The molecule has 2 rings (SSSR count). The molecule has 2 N–H and O–H groups in total. The fraction of sp³-hybridized carbons (Fsp3) is 0.444. The van der Waals surface area contributed by atoms with Gasteiger partial charge in [0, 0.05) is 12.7 Å². The van der Waals surface area contributed by atoms with Gasteiger partial charge < -0.3 is 15.0 Å². The van der Waals surface area contributed by atoms with E-state index in [0.717, 1.165) is 24.4 Å². The number of aromatic nitrogens is 1. The Bertz CT molecular complexity index is 310. The van der Waals surface area contributed by atoms with Gasteiger partial charge in [-0.15, -0.1) is 0 Å². The highest BCUT2D eigenvalue weighted by molar-refractivity contribution is 7.71. The highest BCUT2D eigenvalue weighted by Gasteiger charge is 2.14. The summed E-state index contributed by atoms with van der Waals surface area (Å²) in [7, 11) is 0. The zero-order valence-electron chi connectivity index (χ0n) is 7.25. The van der Waals surface area contributed by atoms with E-state index in [0.29, 0.717) is 6.04 Å². The summed E-state index contributed by atoms with van der Waals surface area (Å²) >= 11 is 4.97. The molecule has 3 nitrogen and oxygen atoms in total. The summed E-state index contributed by atoms with van der Waals surface area (Å²) in [5.74, 6) is 0. The number of aromatic amines is 1. The standard InChI is InChI=1S/C9H12N2OS/c13-9-2-1-7(5-11-9)8-6-12-4-3-10-8/h1-2,5,8,10H,3-4,6H2,(H,11,13)/t8-/m1/s1. The van der Waals surface area contributed by atoms with Crippen LogP contribution in [0, 0.1) is 4.64 Å². The molecule has 1 aliphatic rings. The molecular weight excluding hydrogens is 184 g/mol. The molecule has 1 aromatic heterocycles. The number of pyridine rings is 1. The van der Waals surface area contributed by atoms with Crippen molar-refractivity contribution in [2.24, 2.45) is 0 Å². The van der Waals surface area contributed by atoms with Crippen LogP contribution in [0.3, 0.4) is 0 Å². The van der Waals surface area contributed by atoms with Crippen LogP contribution in [-0.2, 0) is 4.74 Å². The first-order valence-electron chi connectivity index (χ1n) is 4.36. The van der Waals surface area contributed by atoms with Crippen LogP contribution in [-0.4, -0.2) is 24.7 Å². The molecule has 0 amide bonds. The van der Waals surface area contributed by atoms with Crippen LogP contribution in [0.5, 0.6) is 0 Å². The minimum Gasteiger partial charge on any atom is -0.378 e. The lowest BCUT2D eigenvalue weighted by Crippen LogP contribution is -2.34. The Labute approximate surface area is 82.1 Å². The smallest absolute Gasteiger partial charge is 0.103 e. The van der Waals surface area contributed by atoms with Crippen molar-refractivity contribution in [1.29, 1.82) is 0 Å². The van der Waals surface area contributed by atoms with Crippen LogP contribution < -0.4 is 5.32 Å². The Balaban J connectivity index is 2.14. The average molecular weight is 196 g/mol. The molecule has 1 atom stereocenters. The molecule has 1 saturated heterocycles. The molecule has 0 aliphatic carbocycles. The van der Waals surface area contributed by atoms with Gasteiger partial charge in [-0.25, -0.2) is 0 Å². The topological polar surface area (TPSA) is 37.0 Å². The lowest BCUT2D eigenvalue weighted by molar-refractivity contribution is 0.0768. The summed E-state index contributed by atoms with van der Waals surface area (Å²) in [6.07, 6.45) is 1.94. The summed E-state index contributed by atoms with van der Waals surface area (Å²) in [6, 6.07) is 4.24. The first-order valence-corrected chi connectivity index (χ1v) is 4.77. The van der Waals surface area contributed by atoms with Gasteiger partial charge in [0.15, 0.2) is 0 Å². The monoisotopic (exact) mass is 196 g/mol. The van der Waals surface area contributed by atoms with E-state index in [4.69, 9.17) is 17.0 Å². The van der Waals surface area contributed by atoms with E-state index in [1.54, 1.807) is 0 Å². The second-order valence-electron chi connectivity index (χ2n) is 3.07. The molecule has 1 aliphatic heterocycles. The quantitative estimate of drug-likeness (QED) is 0.667. The third-order valence-electron chi connectivity index (χ3n) is 2.13. The maximum Gasteiger partial charge on any atom is 0.103 e. The van der Waals surface area contributed by atoms with Crippen LogP contribution >= 0.6 is 12.2 Å². The van der Waals surface area contributed by atoms with E-state index < -0.39 is 0 Å². The summed E-state index contributed by atoms with van der Waals surface area (Å²) < 4.78 is 6.13. The first kappa shape index (κ1) is 8.87. The largest absolute Gasteiger partial charge is 0.378 e.